The lowest BCUT2D eigenvalue weighted by atomic mass is 10.4. The van der Waals surface area contributed by atoms with E-state index in [9.17, 15) is 8.42 Å². The monoisotopic (exact) mass is 247 g/mol. The zero-order valence-electron chi connectivity index (χ0n) is 9.88. The highest BCUT2D eigenvalue weighted by Gasteiger charge is 2.27. The normalized spacial score (nSPS) is 14.4. The lowest BCUT2D eigenvalue weighted by molar-refractivity contribution is 0.213. The van der Waals surface area contributed by atoms with Gasteiger partial charge in [-0.2, -0.15) is 4.31 Å². The lowest BCUT2D eigenvalue weighted by Crippen LogP contribution is -2.37. The van der Waals surface area contributed by atoms with Crippen LogP contribution in [0.1, 0.15) is 12.7 Å². The minimum Gasteiger partial charge on any atom is -0.395 e. The third kappa shape index (κ3) is 2.26. The highest BCUT2D eigenvalue weighted by molar-refractivity contribution is 7.89. The molecular formula is C9H17N3O3S. The first-order chi connectivity index (χ1) is 7.30. The minimum atomic E-state index is -3.61. The maximum atomic E-state index is 12.0. The van der Waals surface area contributed by atoms with Crippen LogP contribution in [0.4, 0.5) is 0 Å². The standard InChI is InChI=1S/C9H17N3O3S/c1-7(6-13)12(4)16(14,15)9-5-11(3)8(2)10-9/h5,7,13H,6H2,1-4H3. The summed E-state index contributed by atoms with van der Waals surface area (Å²) >= 11 is 0. The molecule has 1 N–H and O–H groups in total. The number of hydrogen-bond acceptors (Lipinski definition) is 4. The number of nitrogens with zero attached hydrogens (tertiary/aromatic N) is 3. The molecule has 0 aliphatic rings. The van der Waals surface area contributed by atoms with E-state index in [2.05, 4.69) is 4.98 Å². The van der Waals surface area contributed by atoms with E-state index in [-0.39, 0.29) is 11.6 Å². The van der Waals surface area contributed by atoms with Gasteiger partial charge in [-0.15, -0.1) is 0 Å². The van der Waals surface area contributed by atoms with E-state index >= 15 is 0 Å². The van der Waals surface area contributed by atoms with Crippen molar-refractivity contribution in [2.75, 3.05) is 13.7 Å². The van der Waals surface area contributed by atoms with Gasteiger partial charge in [-0.25, -0.2) is 13.4 Å². The van der Waals surface area contributed by atoms with E-state index in [4.69, 9.17) is 5.11 Å². The van der Waals surface area contributed by atoms with Gasteiger partial charge in [0, 0.05) is 26.3 Å². The first-order valence-corrected chi connectivity index (χ1v) is 6.33. The summed E-state index contributed by atoms with van der Waals surface area (Å²) < 4.78 is 26.8. The van der Waals surface area contributed by atoms with Crippen LogP contribution in [0.2, 0.25) is 0 Å². The predicted molar refractivity (Wildman–Crippen MR) is 59.4 cm³/mol. The van der Waals surface area contributed by atoms with Crippen molar-refractivity contribution in [2.45, 2.75) is 24.9 Å². The summed E-state index contributed by atoms with van der Waals surface area (Å²) in [6.45, 7) is 3.14. The second-order valence-electron chi connectivity index (χ2n) is 3.79. The molecule has 1 unspecified atom stereocenters. The molecule has 0 amide bonds. The van der Waals surface area contributed by atoms with Gasteiger partial charge in [0.25, 0.3) is 10.0 Å². The highest BCUT2D eigenvalue weighted by Crippen LogP contribution is 2.15. The molecule has 0 aromatic carbocycles. The molecule has 1 atom stereocenters. The van der Waals surface area contributed by atoms with E-state index in [1.807, 2.05) is 0 Å². The molecule has 1 aromatic rings. The predicted octanol–water partition coefficient (Wildman–Crippen LogP) is -0.270. The van der Waals surface area contributed by atoms with Crippen LogP contribution >= 0.6 is 0 Å². The maximum Gasteiger partial charge on any atom is 0.262 e. The maximum absolute atomic E-state index is 12.0. The van der Waals surface area contributed by atoms with Crippen molar-refractivity contribution >= 4 is 10.0 Å². The van der Waals surface area contributed by atoms with Gasteiger partial charge in [0.15, 0.2) is 5.03 Å². The number of aliphatic hydroxyl groups excluding tert-OH is 1. The van der Waals surface area contributed by atoms with E-state index in [1.54, 1.807) is 25.5 Å². The third-order valence-electron chi connectivity index (χ3n) is 2.61. The Hall–Kier alpha value is -0.920. The van der Waals surface area contributed by atoms with Gasteiger partial charge in [0.2, 0.25) is 0 Å². The molecule has 0 bridgehead atoms. The Kier molecular flexibility index (Phi) is 3.72. The average molecular weight is 247 g/mol. The van der Waals surface area contributed by atoms with Gasteiger partial charge in [-0.3, -0.25) is 0 Å². The Morgan fingerprint density at radius 1 is 1.62 bits per heavy atom. The number of aromatic nitrogens is 2. The Morgan fingerprint density at radius 2 is 2.19 bits per heavy atom. The Bertz CT molecular complexity index is 447. The Morgan fingerprint density at radius 3 is 2.56 bits per heavy atom. The summed E-state index contributed by atoms with van der Waals surface area (Å²) in [5, 5.41) is 8.95. The molecule has 1 rings (SSSR count). The van der Waals surface area contributed by atoms with E-state index < -0.39 is 16.1 Å². The topological polar surface area (TPSA) is 75.4 Å². The number of aryl methyl sites for hydroxylation is 2. The first kappa shape index (κ1) is 13.1. The molecular weight excluding hydrogens is 230 g/mol. The molecule has 0 aliphatic heterocycles. The van der Waals surface area contributed by atoms with Crippen molar-refractivity contribution in [3.05, 3.63) is 12.0 Å². The number of rotatable bonds is 4. The molecule has 1 heterocycles. The quantitative estimate of drug-likeness (QED) is 0.794. The van der Waals surface area contributed by atoms with Crippen molar-refractivity contribution in [1.82, 2.24) is 13.9 Å². The molecule has 0 fully saturated rings. The molecule has 92 valence electrons. The van der Waals surface area contributed by atoms with Crippen LogP contribution in [0.3, 0.4) is 0 Å². The fourth-order valence-electron chi connectivity index (χ4n) is 1.15. The molecule has 0 saturated carbocycles. The second-order valence-corrected chi connectivity index (χ2v) is 5.73. The molecule has 0 radical (unpaired) electrons. The fourth-order valence-corrected chi connectivity index (χ4v) is 2.52. The molecule has 0 aliphatic carbocycles. The number of imidazole rings is 1. The van der Waals surface area contributed by atoms with Gasteiger partial charge in [-0.1, -0.05) is 0 Å². The second kappa shape index (κ2) is 4.52. The van der Waals surface area contributed by atoms with Crippen molar-refractivity contribution in [3.63, 3.8) is 0 Å². The molecule has 0 spiro atoms. The molecule has 0 saturated heterocycles. The molecule has 6 nitrogen and oxygen atoms in total. The molecule has 16 heavy (non-hydrogen) atoms. The largest absolute Gasteiger partial charge is 0.395 e. The van der Waals surface area contributed by atoms with Crippen LogP contribution in [0.25, 0.3) is 0 Å². The lowest BCUT2D eigenvalue weighted by Gasteiger charge is -2.21. The summed E-state index contributed by atoms with van der Waals surface area (Å²) in [6, 6.07) is -0.465. The average Bonchev–Trinajstić information content (AvgIpc) is 2.57. The number of aliphatic hydroxyl groups is 1. The van der Waals surface area contributed by atoms with Crippen LogP contribution in [-0.4, -0.2) is 47.1 Å². The summed E-state index contributed by atoms with van der Waals surface area (Å²) in [7, 11) is -0.447. The third-order valence-corrected chi connectivity index (χ3v) is 4.46. The summed E-state index contributed by atoms with van der Waals surface area (Å²) in [5.74, 6) is 0.628. The van der Waals surface area contributed by atoms with Crippen molar-refractivity contribution in [1.29, 1.82) is 0 Å². The van der Waals surface area contributed by atoms with E-state index in [0.717, 1.165) is 4.31 Å². The van der Waals surface area contributed by atoms with Crippen molar-refractivity contribution in [3.8, 4) is 0 Å². The van der Waals surface area contributed by atoms with Crippen LogP contribution in [0.5, 0.6) is 0 Å². The van der Waals surface area contributed by atoms with E-state index in [1.165, 1.54) is 13.2 Å². The summed E-state index contributed by atoms with van der Waals surface area (Å²) in [4.78, 5) is 3.97. The summed E-state index contributed by atoms with van der Waals surface area (Å²) in [5.41, 5.74) is 0. The SMILES string of the molecule is Cc1nc(S(=O)(=O)N(C)C(C)CO)cn1C. The number of hydrogen-bond donors (Lipinski definition) is 1. The van der Waals surface area contributed by atoms with Gasteiger partial charge < -0.3 is 9.67 Å². The fraction of sp³-hybridized carbons (Fsp3) is 0.667. The molecule has 7 heteroatoms. The summed E-state index contributed by atoms with van der Waals surface area (Å²) in [6.07, 6.45) is 1.46. The van der Waals surface area contributed by atoms with Crippen molar-refractivity contribution < 1.29 is 13.5 Å². The minimum absolute atomic E-state index is 0.00954. The highest BCUT2D eigenvalue weighted by atomic mass is 32.2. The van der Waals surface area contributed by atoms with Gasteiger partial charge in [0.05, 0.1) is 6.61 Å². The zero-order valence-corrected chi connectivity index (χ0v) is 10.7. The van der Waals surface area contributed by atoms with Gasteiger partial charge >= 0.3 is 0 Å². The van der Waals surface area contributed by atoms with Crippen molar-refractivity contribution in [2.24, 2.45) is 7.05 Å². The Labute approximate surface area is 95.6 Å². The van der Waals surface area contributed by atoms with Crippen LogP contribution in [0.15, 0.2) is 11.2 Å². The van der Waals surface area contributed by atoms with Gasteiger partial charge in [0.1, 0.15) is 5.82 Å². The zero-order chi connectivity index (χ0) is 12.5. The van der Waals surface area contributed by atoms with Crippen LogP contribution in [-0.2, 0) is 17.1 Å². The van der Waals surface area contributed by atoms with Gasteiger partial charge in [-0.05, 0) is 13.8 Å². The first-order valence-electron chi connectivity index (χ1n) is 4.89. The number of sulfonamides is 1. The van der Waals surface area contributed by atoms with E-state index in [0.29, 0.717) is 5.82 Å². The molecule has 1 aromatic heterocycles. The smallest absolute Gasteiger partial charge is 0.262 e. The van der Waals surface area contributed by atoms with Crippen LogP contribution in [0, 0.1) is 6.92 Å². The Balaban J connectivity index is 3.11. The number of likely N-dealkylation sites (N-methyl/N-ethyl adjacent to an activating group) is 1. The van der Waals surface area contributed by atoms with Crippen LogP contribution < -0.4 is 0 Å².